The van der Waals surface area contributed by atoms with Crippen molar-refractivity contribution in [3.05, 3.63) is 54.1 Å². The molecule has 1 aliphatic rings. The molecule has 8 nitrogen and oxygen atoms in total. The molecule has 2 aromatic rings. The van der Waals surface area contributed by atoms with Crippen molar-refractivity contribution in [3.63, 3.8) is 0 Å². The van der Waals surface area contributed by atoms with Crippen LogP contribution in [-0.4, -0.2) is 55.6 Å². The number of benzene rings is 2. The minimum atomic E-state index is -4.86. The van der Waals surface area contributed by atoms with E-state index in [1.807, 2.05) is 0 Å². The fraction of sp³-hybridized carbons (Fsp3) is 0.333. The number of nitrogens with one attached hydrogen (secondary N) is 1. The van der Waals surface area contributed by atoms with Gasteiger partial charge in [0.25, 0.3) is 10.0 Å². The Balaban J connectivity index is 1.78. The molecule has 0 bridgehead atoms. The molecule has 1 fully saturated rings. The second kappa shape index (κ2) is 9.69. The summed E-state index contributed by atoms with van der Waals surface area (Å²) in [6, 6.07) is 9.39. The third kappa shape index (κ3) is 6.37. The number of amides is 3. The van der Waals surface area contributed by atoms with Crippen molar-refractivity contribution >= 4 is 27.6 Å². The van der Waals surface area contributed by atoms with E-state index in [1.54, 1.807) is 19.1 Å². The number of ether oxygens (including phenoxy) is 1. The monoisotopic (exact) mass is 485 g/mol. The lowest BCUT2D eigenvalue weighted by Gasteiger charge is -2.27. The van der Waals surface area contributed by atoms with E-state index in [9.17, 15) is 31.2 Å². The third-order valence-electron chi connectivity index (χ3n) is 4.86. The Labute approximate surface area is 189 Å². The summed E-state index contributed by atoms with van der Waals surface area (Å²) in [6.07, 6.45) is -3.41. The normalized spacial score (nSPS) is 14.1. The largest absolute Gasteiger partial charge is 0.573 e. The Hall–Kier alpha value is -3.28. The minimum absolute atomic E-state index is 0.107. The summed E-state index contributed by atoms with van der Waals surface area (Å²) < 4.78 is 67.5. The average Bonchev–Trinajstić information content (AvgIpc) is 3.27. The molecule has 12 heteroatoms. The predicted octanol–water partition coefficient (Wildman–Crippen LogP) is 3.74. The van der Waals surface area contributed by atoms with Crippen LogP contribution in [0, 0.1) is 6.92 Å². The molecule has 0 saturated carbocycles. The maximum Gasteiger partial charge on any atom is 0.573 e. The summed E-state index contributed by atoms with van der Waals surface area (Å²) in [7, 11) is -4.33. The van der Waals surface area contributed by atoms with Crippen LogP contribution in [0.2, 0.25) is 0 Å². The van der Waals surface area contributed by atoms with E-state index in [0.717, 1.165) is 30.5 Å². The van der Waals surface area contributed by atoms with Gasteiger partial charge in [-0.1, -0.05) is 17.7 Å². The number of anilines is 1. The molecule has 0 spiro atoms. The fourth-order valence-electron chi connectivity index (χ4n) is 3.23. The second-order valence-corrected chi connectivity index (χ2v) is 9.28. The minimum Gasteiger partial charge on any atom is -0.406 e. The Morgan fingerprint density at radius 2 is 1.61 bits per heavy atom. The van der Waals surface area contributed by atoms with Crippen LogP contribution >= 0.6 is 0 Å². The van der Waals surface area contributed by atoms with Crippen LogP contribution in [0.4, 0.5) is 23.7 Å². The van der Waals surface area contributed by atoms with Crippen molar-refractivity contribution in [1.29, 1.82) is 0 Å². The molecule has 3 amide bonds. The molecule has 0 unspecified atom stereocenters. The summed E-state index contributed by atoms with van der Waals surface area (Å²) in [4.78, 5) is 26.8. The van der Waals surface area contributed by atoms with Gasteiger partial charge in [-0.3, -0.25) is 4.79 Å². The number of sulfonamides is 1. The lowest BCUT2D eigenvalue weighted by molar-refractivity contribution is -0.274. The maximum atomic E-state index is 13.2. The molecule has 2 aromatic carbocycles. The highest BCUT2D eigenvalue weighted by Crippen LogP contribution is 2.24. The number of hydrogen-bond acceptors (Lipinski definition) is 5. The molecule has 0 aromatic heterocycles. The van der Waals surface area contributed by atoms with Crippen LogP contribution in [0.25, 0.3) is 0 Å². The first-order valence-electron chi connectivity index (χ1n) is 10.00. The van der Waals surface area contributed by atoms with E-state index in [1.165, 1.54) is 29.2 Å². The molecule has 3 rings (SSSR count). The van der Waals surface area contributed by atoms with Gasteiger partial charge in [0.15, 0.2) is 0 Å². The standard InChI is InChI=1S/C21H22F3N3O5S/c1-15-4-10-18(11-5-15)33(30,31)27(20(29)26-12-2-3-13-26)14-19(28)25-16-6-8-17(9-7-16)32-21(22,23)24/h4-11H,2-3,12-14H2,1H3,(H,25,28). The van der Waals surface area contributed by atoms with E-state index in [2.05, 4.69) is 10.1 Å². The van der Waals surface area contributed by atoms with Crippen molar-refractivity contribution in [2.45, 2.75) is 31.0 Å². The lowest BCUT2D eigenvalue weighted by atomic mass is 10.2. The van der Waals surface area contributed by atoms with Crippen LogP contribution in [0.5, 0.6) is 5.75 Å². The summed E-state index contributed by atoms with van der Waals surface area (Å²) in [6.45, 7) is 1.73. The Morgan fingerprint density at radius 1 is 1.03 bits per heavy atom. The van der Waals surface area contributed by atoms with Gasteiger partial charge in [0.05, 0.1) is 4.90 Å². The SMILES string of the molecule is Cc1ccc(S(=O)(=O)N(CC(=O)Nc2ccc(OC(F)(F)F)cc2)C(=O)N2CCCC2)cc1. The van der Waals surface area contributed by atoms with Gasteiger partial charge in [-0.25, -0.2) is 17.5 Å². The van der Waals surface area contributed by atoms with Crippen LogP contribution < -0.4 is 10.1 Å². The molecule has 1 saturated heterocycles. The van der Waals surface area contributed by atoms with Crippen molar-refractivity contribution in [3.8, 4) is 5.75 Å². The Kier molecular flexibility index (Phi) is 7.15. The maximum absolute atomic E-state index is 13.2. The predicted molar refractivity (Wildman–Crippen MR) is 113 cm³/mol. The molecule has 178 valence electrons. The van der Waals surface area contributed by atoms with Gasteiger partial charge in [-0.05, 0) is 56.2 Å². The number of rotatable bonds is 6. The molecule has 1 N–H and O–H groups in total. The first-order valence-corrected chi connectivity index (χ1v) is 11.4. The first-order chi connectivity index (χ1) is 15.5. The van der Waals surface area contributed by atoms with E-state index in [0.29, 0.717) is 17.4 Å². The third-order valence-corrected chi connectivity index (χ3v) is 6.59. The number of carbonyl (C=O) groups excluding carboxylic acids is 2. The van der Waals surface area contributed by atoms with Crippen molar-refractivity contribution in [2.24, 2.45) is 0 Å². The topological polar surface area (TPSA) is 96.0 Å². The highest BCUT2D eigenvalue weighted by Gasteiger charge is 2.35. The zero-order valence-electron chi connectivity index (χ0n) is 17.6. The summed E-state index contributed by atoms with van der Waals surface area (Å²) in [5.74, 6) is -1.31. The smallest absolute Gasteiger partial charge is 0.406 e. The van der Waals surface area contributed by atoms with Crippen molar-refractivity contribution in [1.82, 2.24) is 9.21 Å². The Bertz CT molecular complexity index is 1100. The van der Waals surface area contributed by atoms with Gasteiger partial charge in [0.1, 0.15) is 12.3 Å². The van der Waals surface area contributed by atoms with E-state index in [-0.39, 0.29) is 10.6 Å². The van der Waals surface area contributed by atoms with E-state index >= 15 is 0 Å². The van der Waals surface area contributed by atoms with Crippen molar-refractivity contribution < 1.29 is 35.9 Å². The number of carbonyl (C=O) groups is 2. The number of alkyl halides is 3. The number of nitrogens with zero attached hydrogens (tertiary/aromatic N) is 2. The molecule has 0 radical (unpaired) electrons. The fourth-order valence-corrected chi connectivity index (χ4v) is 4.57. The van der Waals surface area contributed by atoms with Gasteiger partial charge in [-0.2, -0.15) is 0 Å². The van der Waals surface area contributed by atoms with Gasteiger partial charge >= 0.3 is 12.4 Å². The molecular formula is C21H22F3N3O5S. The average molecular weight is 485 g/mol. The summed E-state index contributed by atoms with van der Waals surface area (Å²) in [5.41, 5.74) is 0.929. The highest BCUT2D eigenvalue weighted by molar-refractivity contribution is 7.89. The summed E-state index contributed by atoms with van der Waals surface area (Å²) in [5, 5.41) is 2.39. The molecule has 0 atom stereocenters. The highest BCUT2D eigenvalue weighted by atomic mass is 32.2. The quantitative estimate of drug-likeness (QED) is 0.673. The number of aryl methyl sites for hydroxylation is 1. The van der Waals surface area contributed by atoms with Crippen LogP contribution in [0.1, 0.15) is 18.4 Å². The number of halogens is 3. The lowest BCUT2D eigenvalue weighted by Crippen LogP contribution is -2.48. The molecule has 1 heterocycles. The van der Waals surface area contributed by atoms with E-state index < -0.39 is 40.6 Å². The first kappa shape index (κ1) is 24.4. The zero-order chi connectivity index (χ0) is 24.2. The van der Waals surface area contributed by atoms with Crippen molar-refractivity contribution in [2.75, 3.05) is 25.0 Å². The van der Waals surface area contributed by atoms with E-state index in [4.69, 9.17) is 0 Å². The van der Waals surface area contributed by atoms with Gasteiger partial charge < -0.3 is 15.0 Å². The molecule has 0 aliphatic carbocycles. The second-order valence-electron chi connectivity index (χ2n) is 7.42. The van der Waals surface area contributed by atoms with Gasteiger partial charge in [-0.15, -0.1) is 13.2 Å². The van der Waals surface area contributed by atoms with Crippen LogP contribution in [-0.2, 0) is 14.8 Å². The molecule has 33 heavy (non-hydrogen) atoms. The molecular weight excluding hydrogens is 463 g/mol. The van der Waals surface area contributed by atoms with Gasteiger partial charge in [0.2, 0.25) is 5.91 Å². The molecule has 1 aliphatic heterocycles. The number of hydrogen-bond donors (Lipinski definition) is 1. The van der Waals surface area contributed by atoms with Crippen LogP contribution in [0.3, 0.4) is 0 Å². The number of likely N-dealkylation sites (tertiary alicyclic amines) is 1. The van der Waals surface area contributed by atoms with Crippen LogP contribution in [0.15, 0.2) is 53.4 Å². The summed E-state index contributed by atoms with van der Waals surface area (Å²) >= 11 is 0. The Morgan fingerprint density at radius 3 is 2.15 bits per heavy atom. The number of urea groups is 1. The van der Waals surface area contributed by atoms with Gasteiger partial charge in [0, 0.05) is 18.8 Å². The zero-order valence-corrected chi connectivity index (χ0v) is 18.4.